The molecule has 290 valence electrons. The average molecular weight is 750 g/mol. The molecule has 1 fully saturated rings. The van der Waals surface area contributed by atoms with Gasteiger partial charge in [0.1, 0.15) is 24.1 Å². The van der Waals surface area contributed by atoms with Gasteiger partial charge in [-0.05, 0) is 95.0 Å². The van der Waals surface area contributed by atoms with Crippen LogP contribution < -0.4 is 32.3 Å². The second-order valence-electron chi connectivity index (χ2n) is 13.2. The predicted molar refractivity (Wildman–Crippen MR) is 213 cm³/mol. The monoisotopic (exact) mass is 749 g/mol. The lowest BCUT2D eigenvalue weighted by Gasteiger charge is -2.15. The summed E-state index contributed by atoms with van der Waals surface area (Å²) in [7, 11) is 0. The molecule has 12 nitrogen and oxygen atoms in total. The molecule has 2 aromatic carbocycles. The highest BCUT2D eigenvalue weighted by Gasteiger charge is 2.29. The smallest absolute Gasteiger partial charge is 0.351 e. The lowest BCUT2D eigenvalue weighted by atomic mass is 10.2. The summed E-state index contributed by atoms with van der Waals surface area (Å²) < 4.78 is 12.8. The zero-order valence-corrected chi connectivity index (χ0v) is 31.9. The van der Waals surface area contributed by atoms with Gasteiger partial charge >= 0.3 is 11.7 Å². The van der Waals surface area contributed by atoms with Crippen LogP contribution in [0.2, 0.25) is 0 Å². The Kier molecular flexibility index (Phi) is 20.9. The number of nitrogens with zero attached hydrogens (tertiary/aromatic N) is 2. The van der Waals surface area contributed by atoms with Crippen LogP contribution in [0.3, 0.4) is 0 Å². The molecule has 1 amide bonds. The third kappa shape index (κ3) is 18.3. The van der Waals surface area contributed by atoms with Crippen molar-refractivity contribution in [3.8, 4) is 0 Å². The highest BCUT2D eigenvalue weighted by molar-refractivity contribution is 8.00. The van der Waals surface area contributed by atoms with Crippen molar-refractivity contribution in [1.29, 1.82) is 0 Å². The number of anilines is 1. The molecule has 2 unspecified atom stereocenters. The maximum atomic E-state index is 12.7. The first-order valence-electron chi connectivity index (χ1n) is 19.3. The molecule has 0 aliphatic carbocycles. The molecule has 1 saturated heterocycles. The summed E-state index contributed by atoms with van der Waals surface area (Å²) >= 11 is 1.50. The lowest BCUT2D eigenvalue weighted by molar-refractivity contribution is -0.147. The van der Waals surface area contributed by atoms with Gasteiger partial charge in [0, 0.05) is 37.9 Å². The van der Waals surface area contributed by atoms with Gasteiger partial charge in [0.05, 0.1) is 0 Å². The van der Waals surface area contributed by atoms with Crippen LogP contribution in [-0.2, 0) is 32.2 Å². The van der Waals surface area contributed by atoms with Gasteiger partial charge in [0.15, 0.2) is 0 Å². The second-order valence-corrected chi connectivity index (χ2v) is 14.4. The summed E-state index contributed by atoms with van der Waals surface area (Å²) in [5, 5.41) is 16.6. The minimum atomic E-state index is -0.514. The molecule has 2 atom stereocenters. The van der Waals surface area contributed by atoms with Crippen LogP contribution in [0.5, 0.6) is 0 Å². The van der Waals surface area contributed by atoms with E-state index in [2.05, 4.69) is 80.1 Å². The fourth-order valence-electron chi connectivity index (χ4n) is 5.81. The molecule has 0 bridgehead atoms. The van der Waals surface area contributed by atoms with Crippen LogP contribution in [0.15, 0.2) is 77.7 Å². The van der Waals surface area contributed by atoms with Crippen LogP contribution in [0.25, 0.3) is 0 Å². The SMILES string of the molecule is O=C(CCCCCNCCCNCc1ccccc1)Nc1ccn(C2CSC(COC(=O)CCCCCNCCCNCc3ccccc3)O2)c(=O)n1. The minimum Gasteiger partial charge on any atom is -0.462 e. The fourth-order valence-corrected chi connectivity index (χ4v) is 6.80. The molecular formula is C40H59N7O5S. The Morgan fingerprint density at radius 2 is 1.28 bits per heavy atom. The Labute approximate surface area is 319 Å². The lowest BCUT2D eigenvalue weighted by Crippen LogP contribution is -2.29. The molecule has 1 aromatic heterocycles. The molecular weight excluding hydrogens is 691 g/mol. The molecule has 0 saturated carbocycles. The van der Waals surface area contributed by atoms with Crippen molar-refractivity contribution in [3.63, 3.8) is 0 Å². The van der Waals surface area contributed by atoms with Crippen molar-refractivity contribution in [3.05, 3.63) is 94.5 Å². The standard InChI is InChI=1S/C40H59N7O5S/c48-36(19-9-3-11-22-41-24-13-26-43-29-33-15-5-1-6-16-33)45-35-21-28-47(40(50)46-35)37-32-53-39(52-37)31-51-38(49)20-10-4-12-23-42-25-14-27-44-30-34-17-7-2-8-18-34/h1-2,5-8,15-18,21,28,37,39,41-44H,3-4,9-14,19-20,22-27,29-32H2,(H,45,46,48,50). The topological polar surface area (TPSA) is 148 Å². The van der Waals surface area contributed by atoms with E-state index in [0.29, 0.717) is 18.6 Å². The predicted octanol–water partition coefficient (Wildman–Crippen LogP) is 4.97. The number of esters is 1. The number of carbonyl (C=O) groups excluding carboxylic acids is 2. The van der Waals surface area contributed by atoms with E-state index in [1.165, 1.54) is 27.5 Å². The number of benzene rings is 2. The number of thioether (sulfide) groups is 1. The first-order valence-corrected chi connectivity index (χ1v) is 20.3. The second kappa shape index (κ2) is 26.2. The summed E-state index contributed by atoms with van der Waals surface area (Å²) in [5.74, 6) is 0.379. The summed E-state index contributed by atoms with van der Waals surface area (Å²) in [5.41, 5.74) is 1.75. The van der Waals surface area contributed by atoms with Gasteiger partial charge in [-0.2, -0.15) is 4.98 Å². The molecule has 2 heterocycles. The van der Waals surface area contributed by atoms with Gasteiger partial charge < -0.3 is 36.1 Å². The first kappa shape index (κ1) is 42.2. The Morgan fingerprint density at radius 3 is 1.89 bits per heavy atom. The van der Waals surface area contributed by atoms with Crippen molar-refractivity contribution in [1.82, 2.24) is 30.8 Å². The number of hydrogen-bond acceptors (Lipinski definition) is 11. The maximum Gasteiger partial charge on any atom is 0.351 e. The number of hydrogen-bond donors (Lipinski definition) is 5. The molecule has 0 radical (unpaired) electrons. The summed E-state index contributed by atoms with van der Waals surface area (Å²) in [4.78, 5) is 41.4. The average Bonchev–Trinajstić information content (AvgIpc) is 3.65. The van der Waals surface area contributed by atoms with E-state index in [4.69, 9.17) is 9.47 Å². The van der Waals surface area contributed by atoms with Gasteiger partial charge in [0.2, 0.25) is 5.91 Å². The van der Waals surface area contributed by atoms with E-state index in [1.807, 2.05) is 12.1 Å². The van der Waals surface area contributed by atoms with Crippen molar-refractivity contribution < 1.29 is 19.1 Å². The molecule has 53 heavy (non-hydrogen) atoms. The number of nitrogens with one attached hydrogen (secondary N) is 5. The number of rotatable bonds is 28. The van der Waals surface area contributed by atoms with E-state index in [9.17, 15) is 14.4 Å². The van der Waals surface area contributed by atoms with Gasteiger partial charge in [-0.3, -0.25) is 14.2 Å². The van der Waals surface area contributed by atoms with Crippen molar-refractivity contribution in [2.24, 2.45) is 0 Å². The zero-order valence-electron chi connectivity index (χ0n) is 31.1. The quantitative estimate of drug-likeness (QED) is 0.0507. The number of amides is 1. The van der Waals surface area contributed by atoms with Gasteiger partial charge in [0.25, 0.3) is 0 Å². The van der Waals surface area contributed by atoms with Gasteiger partial charge in [-0.15, -0.1) is 11.8 Å². The van der Waals surface area contributed by atoms with E-state index in [-0.39, 0.29) is 29.7 Å². The maximum absolute atomic E-state index is 12.7. The van der Waals surface area contributed by atoms with Crippen molar-refractivity contribution in [2.45, 2.75) is 89.0 Å². The number of unbranched alkanes of at least 4 members (excludes halogenated alkanes) is 4. The van der Waals surface area contributed by atoms with E-state index >= 15 is 0 Å². The third-order valence-electron chi connectivity index (χ3n) is 8.77. The van der Waals surface area contributed by atoms with Crippen LogP contribution in [0.4, 0.5) is 5.82 Å². The molecule has 0 spiro atoms. The number of carbonyl (C=O) groups is 2. The van der Waals surface area contributed by atoms with E-state index < -0.39 is 11.9 Å². The highest BCUT2D eigenvalue weighted by atomic mass is 32.2. The molecule has 3 aromatic rings. The number of aromatic nitrogens is 2. The van der Waals surface area contributed by atoms with Crippen molar-refractivity contribution >= 4 is 29.5 Å². The first-order chi connectivity index (χ1) is 26.1. The van der Waals surface area contributed by atoms with Crippen LogP contribution in [0, 0.1) is 0 Å². The third-order valence-corrected chi connectivity index (χ3v) is 9.87. The number of ether oxygens (including phenoxy) is 2. The molecule has 4 rings (SSSR count). The Morgan fingerprint density at radius 1 is 0.717 bits per heavy atom. The molecule has 13 heteroatoms. The normalized spacial score (nSPS) is 15.4. The van der Waals surface area contributed by atoms with Crippen molar-refractivity contribution in [2.75, 3.05) is 56.9 Å². The van der Waals surface area contributed by atoms with Gasteiger partial charge in [-0.25, -0.2) is 4.79 Å². The fraction of sp³-hybridized carbons (Fsp3) is 0.550. The Hall–Kier alpha value is -3.59. The summed E-state index contributed by atoms with van der Waals surface area (Å²) in [6.07, 6.45) is 9.47. The molecule has 1 aliphatic rings. The molecule has 5 N–H and O–H groups in total. The van der Waals surface area contributed by atoms with Crippen LogP contribution >= 0.6 is 11.8 Å². The minimum absolute atomic E-state index is 0.138. The zero-order chi connectivity index (χ0) is 37.2. The summed E-state index contributed by atoms with van der Waals surface area (Å²) in [6.45, 7) is 7.68. The van der Waals surface area contributed by atoms with E-state index in [1.54, 1.807) is 12.3 Å². The Balaban J connectivity index is 0.949. The van der Waals surface area contributed by atoms with Crippen LogP contribution in [0.1, 0.15) is 81.6 Å². The van der Waals surface area contributed by atoms with Gasteiger partial charge in [-0.1, -0.05) is 73.5 Å². The van der Waals surface area contributed by atoms with E-state index in [0.717, 1.165) is 104 Å². The highest BCUT2D eigenvalue weighted by Crippen LogP contribution is 2.31. The largest absolute Gasteiger partial charge is 0.462 e. The summed E-state index contributed by atoms with van der Waals surface area (Å²) in [6, 6.07) is 22.4. The van der Waals surface area contributed by atoms with Crippen LogP contribution in [-0.4, -0.2) is 78.5 Å². The molecule has 1 aliphatic heterocycles. The Bertz CT molecular complexity index is 1500.